The Labute approximate surface area is 143 Å². The molecule has 1 aromatic rings. The number of guanidine groups is 1. The van der Waals surface area contributed by atoms with Gasteiger partial charge in [0.25, 0.3) is 0 Å². The molecule has 0 aromatic carbocycles. The maximum absolute atomic E-state index is 5.52. The number of ether oxygens (including phenoxy) is 1. The number of aryl methyl sites for hydroxylation is 2. The van der Waals surface area contributed by atoms with Crippen molar-refractivity contribution >= 4 is 17.3 Å². The first-order chi connectivity index (χ1) is 11.0. The van der Waals surface area contributed by atoms with Crippen LogP contribution in [0.1, 0.15) is 28.4 Å². The van der Waals surface area contributed by atoms with E-state index in [0.717, 1.165) is 49.3 Å². The molecule has 0 atom stereocenters. The van der Waals surface area contributed by atoms with Crippen molar-refractivity contribution in [2.24, 2.45) is 4.99 Å². The molecule has 0 bridgehead atoms. The fraction of sp³-hybridized carbons (Fsp3) is 0.750. The summed E-state index contributed by atoms with van der Waals surface area (Å²) in [7, 11) is 6.09. The lowest BCUT2D eigenvalue weighted by molar-refractivity contribution is -0.00501. The molecule has 0 aliphatic carbocycles. The zero-order valence-corrected chi connectivity index (χ0v) is 15.7. The van der Waals surface area contributed by atoms with E-state index < -0.39 is 0 Å². The van der Waals surface area contributed by atoms with Gasteiger partial charge in [-0.15, -0.1) is 11.3 Å². The predicted octanol–water partition coefficient (Wildman–Crippen LogP) is 1.54. The Morgan fingerprint density at radius 3 is 2.52 bits per heavy atom. The van der Waals surface area contributed by atoms with Crippen molar-refractivity contribution in [3.63, 3.8) is 0 Å². The van der Waals surface area contributed by atoms with E-state index in [1.54, 1.807) is 18.4 Å². The van der Waals surface area contributed by atoms with Gasteiger partial charge >= 0.3 is 0 Å². The van der Waals surface area contributed by atoms with Gasteiger partial charge < -0.3 is 20.3 Å². The van der Waals surface area contributed by atoms with E-state index in [0.29, 0.717) is 6.54 Å². The zero-order chi connectivity index (χ0) is 16.9. The van der Waals surface area contributed by atoms with Gasteiger partial charge in [-0.05, 0) is 40.8 Å². The summed E-state index contributed by atoms with van der Waals surface area (Å²) in [5.41, 5.74) is 1.24. The average molecular weight is 340 g/mol. The van der Waals surface area contributed by atoms with Crippen molar-refractivity contribution in [1.82, 2.24) is 20.5 Å². The van der Waals surface area contributed by atoms with Crippen LogP contribution in [0.2, 0.25) is 0 Å². The van der Waals surface area contributed by atoms with Crippen LogP contribution >= 0.6 is 11.3 Å². The zero-order valence-electron chi connectivity index (χ0n) is 14.9. The minimum absolute atomic E-state index is 0.129. The number of rotatable bonds is 5. The first kappa shape index (κ1) is 18.2. The molecular formula is C16H29N5OS. The van der Waals surface area contributed by atoms with Crippen LogP contribution in [0, 0.1) is 13.8 Å². The molecule has 7 heteroatoms. The van der Waals surface area contributed by atoms with E-state index in [1.807, 2.05) is 6.92 Å². The smallest absolute Gasteiger partial charge is 0.191 e. The highest BCUT2D eigenvalue weighted by Crippen LogP contribution is 2.25. The highest BCUT2D eigenvalue weighted by atomic mass is 32.1. The van der Waals surface area contributed by atoms with Crippen molar-refractivity contribution in [2.75, 3.05) is 40.9 Å². The molecule has 0 saturated carbocycles. The van der Waals surface area contributed by atoms with Crippen molar-refractivity contribution in [1.29, 1.82) is 0 Å². The van der Waals surface area contributed by atoms with Crippen LogP contribution in [0.5, 0.6) is 0 Å². The summed E-state index contributed by atoms with van der Waals surface area (Å²) in [6.07, 6.45) is 2.07. The summed E-state index contributed by atoms with van der Waals surface area (Å²) in [6.45, 7) is 7.37. The van der Waals surface area contributed by atoms with Crippen LogP contribution < -0.4 is 10.6 Å². The number of aromatic nitrogens is 1. The molecule has 1 aliphatic heterocycles. The fourth-order valence-corrected chi connectivity index (χ4v) is 3.65. The molecule has 2 heterocycles. The van der Waals surface area contributed by atoms with Crippen LogP contribution in [0.4, 0.5) is 0 Å². The molecule has 0 amide bonds. The Bertz CT molecular complexity index is 515. The molecule has 130 valence electrons. The summed E-state index contributed by atoms with van der Waals surface area (Å²) in [5, 5.41) is 7.92. The average Bonchev–Trinajstić information content (AvgIpc) is 2.86. The number of thiazole rings is 1. The maximum atomic E-state index is 5.52. The molecule has 1 aromatic heterocycles. The molecule has 1 fully saturated rings. The van der Waals surface area contributed by atoms with Gasteiger partial charge in [-0.1, -0.05) is 0 Å². The van der Waals surface area contributed by atoms with Crippen molar-refractivity contribution in [2.45, 2.75) is 38.8 Å². The minimum Gasteiger partial charge on any atom is -0.381 e. The van der Waals surface area contributed by atoms with Gasteiger partial charge in [0.15, 0.2) is 5.96 Å². The number of aliphatic imine (C=N–C) groups is 1. The third kappa shape index (κ3) is 4.65. The van der Waals surface area contributed by atoms with Crippen LogP contribution in [0.3, 0.4) is 0 Å². The van der Waals surface area contributed by atoms with Crippen LogP contribution in [-0.4, -0.2) is 62.3 Å². The first-order valence-corrected chi connectivity index (χ1v) is 8.91. The molecule has 2 rings (SSSR count). The molecule has 1 aliphatic rings. The number of nitrogens with one attached hydrogen (secondary N) is 2. The lowest BCUT2D eigenvalue weighted by Gasteiger charge is -2.43. The van der Waals surface area contributed by atoms with E-state index in [2.05, 4.69) is 46.5 Å². The molecule has 0 spiro atoms. The summed E-state index contributed by atoms with van der Waals surface area (Å²) in [5.74, 6) is 0.822. The van der Waals surface area contributed by atoms with Crippen LogP contribution in [0.25, 0.3) is 0 Å². The molecule has 0 radical (unpaired) electrons. The van der Waals surface area contributed by atoms with Crippen LogP contribution in [0.15, 0.2) is 4.99 Å². The Hall–Kier alpha value is -1.18. The Balaban J connectivity index is 1.89. The van der Waals surface area contributed by atoms with Gasteiger partial charge in [0.1, 0.15) is 5.01 Å². The predicted molar refractivity (Wildman–Crippen MR) is 96.3 cm³/mol. The summed E-state index contributed by atoms with van der Waals surface area (Å²) in [4.78, 5) is 12.5. The lowest BCUT2D eigenvalue weighted by Crippen LogP contribution is -2.57. The van der Waals surface area contributed by atoms with Gasteiger partial charge in [-0.25, -0.2) is 4.98 Å². The van der Waals surface area contributed by atoms with E-state index >= 15 is 0 Å². The van der Waals surface area contributed by atoms with Gasteiger partial charge in [0.05, 0.1) is 12.2 Å². The van der Waals surface area contributed by atoms with E-state index in [4.69, 9.17) is 4.74 Å². The van der Waals surface area contributed by atoms with Gasteiger partial charge in [0, 0.05) is 37.2 Å². The maximum Gasteiger partial charge on any atom is 0.191 e. The highest BCUT2D eigenvalue weighted by molar-refractivity contribution is 7.11. The van der Waals surface area contributed by atoms with E-state index in [9.17, 15) is 0 Å². The van der Waals surface area contributed by atoms with Gasteiger partial charge in [-0.3, -0.25) is 4.99 Å². The second-order valence-corrected chi connectivity index (χ2v) is 7.55. The fourth-order valence-electron chi connectivity index (χ4n) is 2.78. The molecule has 6 nitrogen and oxygen atoms in total. The van der Waals surface area contributed by atoms with Crippen molar-refractivity contribution in [3.8, 4) is 0 Å². The summed E-state index contributed by atoms with van der Waals surface area (Å²) >= 11 is 1.74. The Morgan fingerprint density at radius 1 is 1.30 bits per heavy atom. The largest absolute Gasteiger partial charge is 0.381 e. The van der Waals surface area contributed by atoms with Crippen molar-refractivity contribution in [3.05, 3.63) is 15.6 Å². The summed E-state index contributed by atoms with van der Waals surface area (Å²) in [6, 6.07) is 0. The van der Waals surface area contributed by atoms with Gasteiger partial charge in [0.2, 0.25) is 0 Å². The molecule has 0 unspecified atom stereocenters. The number of nitrogens with zero attached hydrogens (tertiary/aromatic N) is 3. The third-order valence-electron chi connectivity index (χ3n) is 4.66. The SMILES string of the molecule is CN=C(NCc1nc(C)c(C)s1)NCC1(N(C)C)CCOCC1. The second kappa shape index (κ2) is 8.08. The summed E-state index contributed by atoms with van der Waals surface area (Å²) < 4.78 is 5.52. The van der Waals surface area contributed by atoms with Gasteiger partial charge in [-0.2, -0.15) is 0 Å². The van der Waals surface area contributed by atoms with Crippen LogP contribution in [-0.2, 0) is 11.3 Å². The number of hydrogen-bond acceptors (Lipinski definition) is 5. The Kier molecular flexibility index (Phi) is 6.38. The number of likely N-dealkylation sites (N-methyl/N-ethyl adjacent to an activating group) is 1. The van der Waals surface area contributed by atoms with Crippen molar-refractivity contribution < 1.29 is 4.74 Å². The molecule has 23 heavy (non-hydrogen) atoms. The second-order valence-electron chi connectivity index (χ2n) is 6.26. The first-order valence-electron chi connectivity index (χ1n) is 8.09. The molecular weight excluding hydrogens is 310 g/mol. The standard InChI is InChI=1S/C16H29N5OS/c1-12-13(2)23-14(20-12)10-18-15(17-3)19-11-16(21(4)5)6-8-22-9-7-16/h6-11H2,1-5H3,(H2,17,18,19). The highest BCUT2D eigenvalue weighted by Gasteiger charge is 2.34. The quantitative estimate of drug-likeness (QED) is 0.629. The lowest BCUT2D eigenvalue weighted by atomic mass is 9.88. The van der Waals surface area contributed by atoms with E-state index in [1.165, 1.54) is 4.88 Å². The van der Waals surface area contributed by atoms with E-state index in [-0.39, 0.29) is 5.54 Å². The monoisotopic (exact) mass is 339 g/mol. The molecule has 1 saturated heterocycles. The topological polar surface area (TPSA) is 61.8 Å². The third-order valence-corrected chi connectivity index (χ3v) is 5.73. The Morgan fingerprint density at radius 2 is 2.00 bits per heavy atom. The normalized spacial score (nSPS) is 18.3. The number of hydrogen-bond donors (Lipinski definition) is 2. The minimum atomic E-state index is 0.129. The molecule has 2 N–H and O–H groups in total.